The zero-order valence-electron chi connectivity index (χ0n) is 14.8. The van der Waals surface area contributed by atoms with E-state index < -0.39 is 10.0 Å². The lowest BCUT2D eigenvalue weighted by molar-refractivity contribution is -0.130. The van der Waals surface area contributed by atoms with Crippen molar-refractivity contribution in [2.75, 3.05) is 11.3 Å². The van der Waals surface area contributed by atoms with Gasteiger partial charge in [-0.1, -0.05) is 24.3 Å². The number of likely N-dealkylation sites (N-methyl/N-ethyl adjacent to an activating group) is 1. The van der Waals surface area contributed by atoms with Crippen LogP contribution in [0.3, 0.4) is 0 Å². The van der Waals surface area contributed by atoms with Crippen LogP contribution >= 0.6 is 22.7 Å². The van der Waals surface area contributed by atoms with Crippen molar-refractivity contribution in [1.82, 2.24) is 4.90 Å². The van der Waals surface area contributed by atoms with Crippen LogP contribution in [0, 0.1) is 0 Å². The van der Waals surface area contributed by atoms with Gasteiger partial charge in [0.25, 0.3) is 10.0 Å². The molecule has 142 valence electrons. The topological polar surface area (TPSA) is 66.5 Å². The number of carbonyl (C=O) groups is 1. The van der Waals surface area contributed by atoms with Gasteiger partial charge in [-0.3, -0.25) is 9.52 Å². The molecule has 0 spiro atoms. The second-order valence-electron chi connectivity index (χ2n) is 5.90. The molecule has 0 fully saturated rings. The number of amides is 1. The minimum atomic E-state index is -3.56. The van der Waals surface area contributed by atoms with E-state index in [-0.39, 0.29) is 16.5 Å². The number of rotatable bonds is 8. The van der Waals surface area contributed by atoms with Gasteiger partial charge in [0.05, 0.1) is 13.0 Å². The van der Waals surface area contributed by atoms with Crippen molar-refractivity contribution in [1.29, 1.82) is 0 Å². The van der Waals surface area contributed by atoms with Crippen LogP contribution in [0.5, 0.6) is 0 Å². The number of hydrogen-bond acceptors (Lipinski definition) is 5. The molecule has 1 amide bonds. The third kappa shape index (κ3) is 5.18. The fourth-order valence-corrected chi connectivity index (χ4v) is 5.34. The van der Waals surface area contributed by atoms with Gasteiger partial charge in [-0.05, 0) is 47.5 Å². The molecule has 3 rings (SSSR count). The Hall–Kier alpha value is -2.16. The number of sulfonamides is 1. The molecule has 2 aromatic heterocycles. The molecule has 0 bridgehead atoms. The second-order valence-corrected chi connectivity index (χ2v) is 9.79. The summed E-state index contributed by atoms with van der Waals surface area (Å²) in [6.07, 6.45) is 0.289. The van der Waals surface area contributed by atoms with Crippen molar-refractivity contribution >= 4 is 44.3 Å². The molecule has 2 heterocycles. The molecule has 0 saturated heterocycles. The molecular weight excluding hydrogens is 400 g/mol. The Morgan fingerprint density at radius 3 is 2.33 bits per heavy atom. The lowest BCUT2D eigenvalue weighted by atomic mass is 10.1. The molecule has 0 aliphatic heterocycles. The third-order valence-corrected chi connectivity index (χ3v) is 7.62. The van der Waals surface area contributed by atoms with Crippen LogP contribution in [0.4, 0.5) is 5.69 Å². The number of carbonyl (C=O) groups excluding carboxylic acids is 1. The van der Waals surface area contributed by atoms with Gasteiger partial charge < -0.3 is 4.90 Å². The highest BCUT2D eigenvalue weighted by molar-refractivity contribution is 7.94. The van der Waals surface area contributed by atoms with Crippen LogP contribution in [0.1, 0.15) is 17.4 Å². The Balaban J connectivity index is 1.62. The molecule has 0 aliphatic rings. The van der Waals surface area contributed by atoms with Gasteiger partial charge in [0, 0.05) is 17.1 Å². The minimum absolute atomic E-state index is 0.0535. The Morgan fingerprint density at radius 2 is 1.74 bits per heavy atom. The summed E-state index contributed by atoms with van der Waals surface area (Å²) in [6.45, 7) is 3.23. The van der Waals surface area contributed by atoms with Gasteiger partial charge in [0.15, 0.2) is 0 Å². The minimum Gasteiger partial charge on any atom is -0.338 e. The zero-order chi connectivity index (χ0) is 19.3. The van der Waals surface area contributed by atoms with Crippen LogP contribution < -0.4 is 4.72 Å². The maximum absolute atomic E-state index is 12.6. The van der Waals surface area contributed by atoms with E-state index in [2.05, 4.69) is 4.72 Å². The van der Waals surface area contributed by atoms with E-state index in [0.29, 0.717) is 18.8 Å². The lowest BCUT2D eigenvalue weighted by Gasteiger charge is -2.20. The highest BCUT2D eigenvalue weighted by Crippen LogP contribution is 2.21. The first kappa shape index (κ1) is 19.6. The van der Waals surface area contributed by atoms with E-state index in [1.807, 2.05) is 29.3 Å². The molecule has 0 aliphatic carbocycles. The Kier molecular flexibility index (Phi) is 6.30. The molecule has 0 saturated carbocycles. The van der Waals surface area contributed by atoms with Crippen LogP contribution in [-0.2, 0) is 27.8 Å². The zero-order valence-corrected chi connectivity index (χ0v) is 17.2. The van der Waals surface area contributed by atoms with Gasteiger partial charge >= 0.3 is 0 Å². The van der Waals surface area contributed by atoms with E-state index in [1.54, 1.807) is 53.1 Å². The first-order chi connectivity index (χ1) is 13.0. The summed E-state index contributed by atoms with van der Waals surface area (Å²) >= 11 is 2.81. The summed E-state index contributed by atoms with van der Waals surface area (Å²) in [5.41, 5.74) is 1.33. The molecule has 5 nitrogen and oxygen atoms in total. The maximum Gasteiger partial charge on any atom is 0.271 e. The molecule has 3 aromatic rings. The monoisotopic (exact) mass is 420 g/mol. The van der Waals surface area contributed by atoms with E-state index in [9.17, 15) is 13.2 Å². The number of anilines is 1. The van der Waals surface area contributed by atoms with Gasteiger partial charge in [0.2, 0.25) is 5.91 Å². The van der Waals surface area contributed by atoms with E-state index in [1.165, 1.54) is 11.3 Å². The Bertz CT molecular complexity index is 964. The quantitative estimate of drug-likeness (QED) is 0.594. The van der Waals surface area contributed by atoms with Gasteiger partial charge in [-0.25, -0.2) is 8.42 Å². The van der Waals surface area contributed by atoms with Crippen molar-refractivity contribution in [3.63, 3.8) is 0 Å². The van der Waals surface area contributed by atoms with Crippen LogP contribution in [-0.4, -0.2) is 25.8 Å². The van der Waals surface area contributed by atoms with Crippen molar-refractivity contribution < 1.29 is 13.2 Å². The summed E-state index contributed by atoms with van der Waals surface area (Å²) < 4.78 is 27.3. The molecule has 0 unspecified atom stereocenters. The van der Waals surface area contributed by atoms with Gasteiger partial charge in [-0.2, -0.15) is 0 Å². The average molecular weight is 421 g/mol. The smallest absolute Gasteiger partial charge is 0.271 e. The number of nitrogens with one attached hydrogen (secondary N) is 1. The maximum atomic E-state index is 12.6. The van der Waals surface area contributed by atoms with Crippen LogP contribution in [0.15, 0.2) is 63.5 Å². The summed E-state index contributed by atoms with van der Waals surface area (Å²) in [7, 11) is -3.56. The summed E-state index contributed by atoms with van der Waals surface area (Å²) in [6, 6.07) is 14.2. The van der Waals surface area contributed by atoms with E-state index in [4.69, 9.17) is 0 Å². The number of hydrogen-bond donors (Lipinski definition) is 1. The van der Waals surface area contributed by atoms with E-state index in [0.717, 1.165) is 10.4 Å². The van der Waals surface area contributed by atoms with Crippen LogP contribution in [0.2, 0.25) is 0 Å². The standard InChI is InChI=1S/C19H20N2O3S3/c1-2-21(14-17-5-3-11-25-17)18(22)13-15-7-9-16(10-8-15)20-27(23,24)19-6-4-12-26-19/h3-12,20H,2,13-14H2,1H3. The number of thiophene rings is 2. The highest BCUT2D eigenvalue weighted by atomic mass is 32.2. The third-order valence-electron chi connectivity index (χ3n) is 3.98. The Morgan fingerprint density at radius 1 is 1.04 bits per heavy atom. The van der Waals surface area contributed by atoms with E-state index >= 15 is 0 Å². The fourth-order valence-electron chi connectivity index (χ4n) is 2.57. The number of benzene rings is 1. The van der Waals surface area contributed by atoms with Crippen molar-refractivity contribution in [2.45, 2.75) is 24.1 Å². The molecule has 0 radical (unpaired) electrons. The number of nitrogens with zero attached hydrogens (tertiary/aromatic N) is 1. The van der Waals surface area contributed by atoms with Crippen molar-refractivity contribution in [3.05, 3.63) is 69.7 Å². The predicted molar refractivity (Wildman–Crippen MR) is 111 cm³/mol. The summed E-state index contributed by atoms with van der Waals surface area (Å²) in [5.74, 6) is 0.0535. The summed E-state index contributed by atoms with van der Waals surface area (Å²) in [4.78, 5) is 15.5. The SMILES string of the molecule is CCN(Cc1cccs1)C(=O)Cc1ccc(NS(=O)(=O)c2cccs2)cc1. The van der Waals surface area contributed by atoms with Gasteiger partial charge in [-0.15, -0.1) is 22.7 Å². The first-order valence-electron chi connectivity index (χ1n) is 8.43. The average Bonchev–Trinajstić information content (AvgIpc) is 3.35. The largest absolute Gasteiger partial charge is 0.338 e. The molecule has 0 atom stereocenters. The van der Waals surface area contributed by atoms with Crippen molar-refractivity contribution in [2.24, 2.45) is 0 Å². The molecule has 8 heteroatoms. The van der Waals surface area contributed by atoms with Crippen molar-refractivity contribution in [3.8, 4) is 0 Å². The second kappa shape index (κ2) is 8.69. The summed E-state index contributed by atoms with van der Waals surface area (Å²) in [5, 5.41) is 3.72. The highest BCUT2D eigenvalue weighted by Gasteiger charge is 2.16. The Labute approximate surface area is 167 Å². The fraction of sp³-hybridized carbons (Fsp3) is 0.211. The molecule has 1 N–H and O–H groups in total. The van der Waals surface area contributed by atoms with Gasteiger partial charge in [0.1, 0.15) is 4.21 Å². The lowest BCUT2D eigenvalue weighted by Crippen LogP contribution is -2.31. The molecule has 27 heavy (non-hydrogen) atoms. The van der Waals surface area contributed by atoms with Crippen LogP contribution in [0.25, 0.3) is 0 Å². The molecule has 1 aromatic carbocycles. The molecular formula is C19H20N2O3S3. The predicted octanol–water partition coefficient (Wildman–Crippen LogP) is 4.20. The normalized spacial score (nSPS) is 11.3. The first-order valence-corrected chi connectivity index (χ1v) is 11.7.